The number of halogens is 1. The number of fused-ring (bicyclic) bond motifs is 1. The maximum absolute atomic E-state index is 13.1. The average molecular weight is 301 g/mol. The molecule has 0 aliphatic heterocycles. The molecule has 0 saturated carbocycles. The van der Waals surface area contributed by atoms with Gasteiger partial charge in [-0.2, -0.15) is 0 Å². The summed E-state index contributed by atoms with van der Waals surface area (Å²) in [6.07, 6.45) is 0. The van der Waals surface area contributed by atoms with E-state index in [9.17, 15) is 9.18 Å². The Balaban J connectivity index is 2.27. The fraction of sp³-hybridized carbons (Fsp3) is 0.133. The molecular weight excluding hydrogens is 289 g/mol. The number of rotatable bonds is 3. The van der Waals surface area contributed by atoms with Crippen LogP contribution in [0.15, 0.2) is 36.4 Å². The Bertz CT molecular complexity index is 843. The molecule has 22 heavy (non-hydrogen) atoms. The first-order valence-corrected chi connectivity index (χ1v) is 6.42. The summed E-state index contributed by atoms with van der Waals surface area (Å²) in [5.74, 6) is -0.551. The van der Waals surface area contributed by atoms with E-state index in [0.717, 1.165) is 0 Å². The topological polar surface area (TPSA) is 65.7 Å². The fourth-order valence-electron chi connectivity index (χ4n) is 2.15. The van der Waals surface area contributed by atoms with E-state index in [2.05, 4.69) is 10.2 Å². The molecule has 0 amide bonds. The van der Waals surface area contributed by atoms with E-state index in [4.69, 9.17) is 9.47 Å². The second-order valence-corrected chi connectivity index (χ2v) is 4.47. The van der Waals surface area contributed by atoms with E-state index in [1.54, 1.807) is 24.3 Å². The van der Waals surface area contributed by atoms with Crippen LogP contribution in [0.3, 0.4) is 0 Å². The zero-order chi connectivity index (χ0) is 15.7. The Hall–Kier alpha value is -2.96. The molecule has 0 aliphatic rings. The van der Waals surface area contributed by atoms with Crippen LogP contribution in [0, 0.1) is 5.82 Å². The molecule has 2 aromatic heterocycles. The molecule has 6 nitrogen and oxygen atoms in total. The summed E-state index contributed by atoms with van der Waals surface area (Å²) in [6.45, 7) is 0. The number of hydrogen-bond acceptors (Lipinski definition) is 5. The maximum Gasteiger partial charge on any atom is 0.342 e. The monoisotopic (exact) mass is 301 g/mol. The van der Waals surface area contributed by atoms with Gasteiger partial charge in [-0.25, -0.2) is 9.18 Å². The van der Waals surface area contributed by atoms with Gasteiger partial charge in [-0.05, 0) is 30.3 Å². The van der Waals surface area contributed by atoms with Gasteiger partial charge in [-0.3, -0.25) is 0 Å². The average Bonchev–Trinajstić information content (AvgIpc) is 2.93. The smallest absolute Gasteiger partial charge is 0.342 e. The lowest BCUT2D eigenvalue weighted by molar-refractivity contribution is 0.0603. The van der Waals surface area contributed by atoms with E-state index in [1.165, 1.54) is 31.0 Å². The number of carbonyl (C=O) groups is 1. The summed E-state index contributed by atoms with van der Waals surface area (Å²) >= 11 is 0. The number of hydrogen-bond donors (Lipinski definition) is 0. The normalized spacial score (nSPS) is 10.7. The SMILES string of the molecule is COC(=O)c1c(-c2ccc(F)cc2)nn2nc(OC)ccc12. The summed E-state index contributed by atoms with van der Waals surface area (Å²) in [5, 5.41) is 8.43. The summed E-state index contributed by atoms with van der Waals surface area (Å²) in [7, 11) is 2.77. The first-order chi connectivity index (χ1) is 10.6. The van der Waals surface area contributed by atoms with E-state index < -0.39 is 5.97 Å². The van der Waals surface area contributed by atoms with Crippen LogP contribution in [-0.2, 0) is 4.74 Å². The van der Waals surface area contributed by atoms with E-state index in [0.29, 0.717) is 22.7 Å². The number of esters is 1. The Morgan fingerprint density at radius 1 is 1.09 bits per heavy atom. The highest BCUT2D eigenvalue weighted by Gasteiger charge is 2.22. The number of carbonyl (C=O) groups excluding carboxylic acids is 1. The predicted octanol–water partition coefficient (Wildman–Crippen LogP) is 2.33. The summed E-state index contributed by atoms with van der Waals surface area (Å²) in [4.78, 5) is 12.1. The lowest BCUT2D eigenvalue weighted by atomic mass is 10.1. The zero-order valence-corrected chi connectivity index (χ0v) is 11.9. The molecule has 2 heterocycles. The van der Waals surface area contributed by atoms with Crippen molar-refractivity contribution in [1.29, 1.82) is 0 Å². The molecular formula is C15H12FN3O3. The molecule has 112 valence electrons. The quantitative estimate of drug-likeness (QED) is 0.695. The highest BCUT2D eigenvalue weighted by molar-refractivity contribution is 6.03. The van der Waals surface area contributed by atoms with Gasteiger partial charge in [0.1, 0.15) is 22.6 Å². The Morgan fingerprint density at radius 2 is 1.82 bits per heavy atom. The zero-order valence-electron chi connectivity index (χ0n) is 11.9. The predicted molar refractivity (Wildman–Crippen MR) is 76.3 cm³/mol. The van der Waals surface area contributed by atoms with Crippen LogP contribution in [0.25, 0.3) is 16.8 Å². The minimum absolute atomic E-state index is 0.268. The van der Waals surface area contributed by atoms with Gasteiger partial charge in [-0.15, -0.1) is 14.8 Å². The molecule has 0 radical (unpaired) electrons. The van der Waals surface area contributed by atoms with Gasteiger partial charge in [0.15, 0.2) is 0 Å². The van der Waals surface area contributed by atoms with Gasteiger partial charge in [0.25, 0.3) is 0 Å². The van der Waals surface area contributed by atoms with E-state index in [-0.39, 0.29) is 11.4 Å². The lowest BCUT2D eigenvalue weighted by Gasteiger charge is -2.01. The van der Waals surface area contributed by atoms with Crippen molar-refractivity contribution >= 4 is 11.5 Å². The van der Waals surface area contributed by atoms with Crippen molar-refractivity contribution < 1.29 is 18.7 Å². The van der Waals surface area contributed by atoms with Crippen LogP contribution in [0.4, 0.5) is 4.39 Å². The molecule has 1 aromatic carbocycles. The molecule has 0 N–H and O–H groups in total. The molecule has 3 aromatic rings. The Labute approximate surface area is 125 Å². The van der Waals surface area contributed by atoms with Crippen molar-refractivity contribution in [2.75, 3.05) is 14.2 Å². The van der Waals surface area contributed by atoms with Crippen molar-refractivity contribution in [3.63, 3.8) is 0 Å². The number of nitrogens with zero attached hydrogens (tertiary/aromatic N) is 3. The van der Waals surface area contributed by atoms with Crippen molar-refractivity contribution in [1.82, 2.24) is 14.8 Å². The van der Waals surface area contributed by atoms with Crippen LogP contribution < -0.4 is 4.74 Å². The maximum atomic E-state index is 13.1. The molecule has 3 rings (SSSR count). The van der Waals surface area contributed by atoms with Crippen LogP contribution in [0.1, 0.15) is 10.4 Å². The third-order valence-electron chi connectivity index (χ3n) is 3.20. The first kappa shape index (κ1) is 14.0. The minimum atomic E-state index is -0.540. The Morgan fingerprint density at radius 3 is 2.45 bits per heavy atom. The fourth-order valence-corrected chi connectivity index (χ4v) is 2.15. The van der Waals surface area contributed by atoms with Gasteiger partial charge in [0.05, 0.1) is 14.2 Å². The van der Waals surface area contributed by atoms with Crippen molar-refractivity contribution in [2.24, 2.45) is 0 Å². The highest BCUT2D eigenvalue weighted by atomic mass is 19.1. The third-order valence-corrected chi connectivity index (χ3v) is 3.20. The summed E-state index contributed by atoms with van der Waals surface area (Å²) in [6, 6.07) is 8.97. The van der Waals surface area contributed by atoms with Crippen molar-refractivity contribution in [3.8, 4) is 17.1 Å². The highest BCUT2D eigenvalue weighted by Crippen LogP contribution is 2.27. The number of aromatic nitrogens is 3. The first-order valence-electron chi connectivity index (χ1n) is 6.42. The number of benzene rings is 1. The molecule has 0 aliphatic carbocycles. The summed E-state index contributed by atoms with van der Waals surface area (Å²) < 4.78 is 24.2. The Kier molecular flexibility index (Phi) is 3.46. The number of methoxy groups -OCH3 is 2. The molecule has 0 bridgehead atoms. The third kappa shape index (κ3) is 2.26. The molecule has 7 heteroatoms. The van der Waals surface area contributed by atoms with Crippen LogP contribution >= 0.6 is 0 Å². The van der Waals surface area contributed by atoms with Crippen molar-refractivity contribution in [3.05, 3.63) is 47.8 Å². The second-order valence-electron chi connectivity index (χ2n) is 4.47. The lowest BCUT2D eigenvalue weighted by Crippen LogP contribution is -2.03. The van der Waals surface area contributed by atoms with Crippen LogP contribution in [-0.4, -0.2) is 35.0 Å². The minimum Gasteiger partial charge on any atom is -0.480 e. The molecule has 0 saturated heterocycles. The van der Waals surface area contributed by atoms with Crippen LogP contribution in [0.5, 0.6) is 5.88 Å². The van der Waals surface area contributed by atoms with Gasteiger partial charge in [0.2, 0.25) is 5.88 Å². The van der Waals surface area contributed by atoms with Crippen molar-refractivity contribution in [2.45, 2.75) is 0 Å². The molecule has 0 spiro atoms. The van der Waals surface area contributed by atoms with Crippen LogP contribution in [0.2, 0.25) is 0 Å². The number of ether oxygens (including phenoxy) is 2. The summed E-state index contributed by atoms with van der Waals surface area (Å²) in [5.41, 5.74) is 1.70. The molecule has 0 unspecified atom stereocenters. The van der Waals surface area contributed by atoms with E-state index >= 15 is 0 Å². The standard InChI is InChI=1S/C15H12FN3O3/c1-21-12-8-7-11-13(15(20)22-2)14(18-19(11)17-12)9-3-5-10(16)6-4-9/h3-8H,1-2H3. The van der Waals surface area contributed by atoms with Gasteiger partial charge < -0.3 is 9.47 Å². The molecule has 0 fully saturated rings. The van der Waals surface area contributed by atoms with Gasteiger partial charge in [-0.1, -0.05) is 0 Å². The molecule has 0 atom stereocenters. The van der Waals surface area contributed by atoms with E-state index in [1.807, 2.05) is 0 Å². The van der Waals surface area contributed by atoms with Gasteiger partial charge >= 0.3 is 5.97 Å². The van der Waals surface area contributed by atoms with Gasteiger partial charge in [0, 0.05) is 11.6 Å². The largest absolute Gasteiger partial charge is 0.480 e. The second kappa shape index (κ2) is 5.44.